The Bertz CT molecular complexity index is 1220. The summed E-state index contributed by atoms with van der Waals surface area (Å²) in [6.07, 6.45) is 1.63. The molecular weight excluding hydrogens is 473 g/mol. The van der Waals surface area contributed by atoms with Crippen molar-refractivity contribution in [1.82, 2.24) is 0 Å². The van der Waals surface area contributed by atoms with Gasteiger partial charge in [0.2, 0.25) is 5.90 Å². The van der Waals surface area contributed by atoms with Gasteiger partial charge in [0.25, 0.3) is 0 Å². The first-order valence-electron chi connectivity index (χ1n) is 9.47. The van der Waals surface area contributed by atoms with Crippen molar-refractivity contribution in [2.24, 2.45) is 4.99 Å². The molecule has 0 atom stereocenters. The smallest absolute Gasteiger partial charge is 0.363 e. The highest BCUT2D eigenvalue weighted by atomic mass is 35.5. The van der Waals surface area contributed by atoms with E-state index < -0.39 is 5.97 Å². The predicted octanol–water partition coefficient (Wildman–Crippen LogP) is 6.58. The highest BCUT2D eigenvalue weighted by Gasteiger charge is 2.26. The van der Waals surface area contributed by atoms with Crippen molar-refractivity contribution in [3.8, 4) is 11.5 Å². The number of nitrogens with zero attached hydrogens (tertiary/aromatic N) is 1. The van der Waals surface area contributed by atoms with Gasteiger partial charge in [0.05, 0.1) is 12.7 Å². The molecule has 162 valence electrons. The number of ether oxygens (including phenoxy) is 3. The molecule has 0 unspecified atom stereocenters. The number of esters is 1. The van der Waals surface area contributed by atoms with Gasteiger partial charge >= 0.3 is 5.97 Å². The van der Waals surface area contributed by atoms with E-state index in [4.69, 9.17) is 49.0 Å². The second kappa shape index (κ2) is 9.65. The third kappa shape index (κ3) is 4.91. The Labute approximate surface area is 199 Å². The number of cyclic esters (lactones) is 1. The molecule has 0 aromatic heterocycles. The Morgan fingerprint density at radius 3 is 2.41 bits per heavy atom. The second-order valence-corrected chi connectivity index (χ2v) is 7.99. The number of benzene rings is 3. The van der Waals surface area contributed by atoms with Gasteiger partial charge in [-0.05, 0) is 54.1 Å². The molecule has 0 aliphatic carbocycles. The van der Waals surface area contributed by atoms with Gasteiger partial charge in [0.15, 0.2) is 5.70 Å². The van der Waals surface area contributed by atoms with E-state index in [0.717, 1.165) is 5.56 Å². The number of rotatable bonds is 6. The Morgan fingerprint density at radius 2 is 1.72 bits per heavy atom. The Hall–Kier alpha value is -2.99. The van der Waals surface area contributed by atoms with Crippen LogP contribution in [-0.4, -0.2) is 19.0 Å². The van der Waals surface area contributed by atoms with Crippen LogP contribution in [0.25, 0.3) is 6.08 Å². The summed E-state index contributed by atoms with van der Waals surface area (Å²) in [5, 5.41) is 1.57. The molecule has 1 aliphatic rings. The van der Waals surface area contributed by atoms with E-state index in [1.165, 1.54) is 7.11 Å². The molecule has 0 radical (unpaired) electrons. The third-order valence-corrected chi connectivity index (χ3v) is 5.58. The monoisotopic (exact) mass is 487 g/mol. The van der Waals surface area contributed by atoms with E-state index in [-0.39, 0.29) is 18.2 Å². The van der Waals surface area contributed by atoms with Gasteiger partial charge in [0.1, 0.15) is 18.1 Å². The molecule has 32 heavy (non-hydrogen) atoms. The summed E-state index contributed by atoms with van der Waals surface area (Å²) in [6, 6.07) is 17.5. The van der Waals surface area contributed by atoms with Crippen LogP contribution in [0.15, 0.2) is 71.4 Å². The summed E-state index contributed by atoms with van der Waals surface area (Å²) in [4.78, 5) is 16.6. The van der Waals surface area contributed by atoms with E-state index in [2.05, 4.69) is 4.99 Å². The molecule has 0 saturated heterocycles. The fourth-order valence-corrected chi connectivity index (χ4v) is 3.69. The minimum absolute atomic E-state index is 0.136. The van der Waals surface area contributed by atoms with Gasteiger partial charge in [-0.1, -0.05) is 53.0 Å². The van der Waals surface area contributed by atoms with Crippen LogP contribution in [0.2, 0.25) is 15.1 Å². The molecule has 4 rings (SSSR count). The van der Waals surface area contributed by atoms with Crippen molar-refractivity contribution in [1.29, 1.82) is 0 Å². The highest BCUT2D eigenvalue weighted by Crippen LogP contribution is 2.29. The van der Waals surface area contributed by atoms with Gasteiger partial charge in [-0.25, -0.2) is 9.79 Å². The average molecular weight is 489 g/mol. The lowest BCUT2D eigenvalue weighted by atomic mass is 10.2. The number of aliphatic imine (C=N–C) groups is 1. The van der Waals surface area contributed by atoms with E-state index in [0.29, 0.717) is 37.7 Å². The molecule has 5 nitrogen and oxygen atoms in total. The summed E-state index contributed by atoms with van der Waals surface area (Å²) < 4.78 is 16.4. The highest BCUT2D eigenvalue weighted by molar-refractivity contribution is 6.36. The molecule has 0 amide bonds. The third-order valence-electron chi connectivity index (χ3n) is 4.64. The van der Waals surface area contributed by atoms with E-state index in [1.54, 1.807) is 66.7 Å². The zero-order valence-electron chi connectivity index (χ0n) is 16.8. The molecule has 0 N–H and O–H groups in total. The first-order valence-corrected chi connectivity index (χ1v) is 10.6. The molecule has 0 bridgehead atoms. The van der Waals surface area contributed by atoms with Crippen molar-refractivity contribution in [3.63, 3.8) is 0 Å². The second-order valence-electron chi connectivity index (χ2n) is 6.74. The van der Waals surface area contributed by atoms with Crippen molar-refractivity contribution in [2.75, 3.05) is 7.11 Å². The number of halogens is 3. The van der Waals surface area contributed by atoms with E-state index in [1.807, 2.05) is 0 Å². The Morgan fingerprint density at radius 1 is 1.00 bits per heavy atom. The lowest BCUT2D eigenvalue weighted by molar-refractivity contribution is -0.129. The SMILES string of the molecule is COc1ccc(Cl)cc1C1=N/C(=C\c2ccc(OCc3c(Cl)cccc3Cl)cc2)C(=O)O1. The van der Waals surface area contributed by atoms with Gasteiger partial charge in [0, 0.05) is 20.6 Å². The van der Waals surface area contributed by atoms with Crippen LogP contribution >= 0.6 is 34.8 Å². The Kier molecular flexibility index (Phi) is 6.70. The van der Waals surface area contributed by atoms with Crippen LogP contribution in [0.5, 0.6) is 11.5 Å². The Balaban J connectivity index is 1.50. The first-order chi connectivity index (χ1) is 15.4. The molecule has 1 aliphatic heterocycles. The van der Waals surface area contributed by atoms with Crippen LogP contribution in [-0.2, 0) is 16.1 Å². The largest absolute Gasteiger partial charge is 0.496 e. The van der Waals surface area contributed by atoms with Crippen LogP contribution in [0.4, 0.5) is 0 Å². The molecular formula is C24H16Cl3NO4. The van der Waals surface area contributed by atoms with E-state index in [9.17, 15) is 4.79 Å². The van der Waals surface area contributed by atoms with Gasteiger partial charge in [-0.2, -0.15) is 0 Å². The standard InChI is InChI=1S/C24H16Cl3NO4/c1-30-22-10-7-15(25)12-17(22)23-28-21(24(29)32-23)11-14-5-8-16(9-6-14)31-13-18-19(26)3-2-4-20(18)27/h2-12H,13H2,1H3/b21-11-. The predicted molar refractivity (Wildman–Crippen MR) is 126 cm³/mol. The maximum atomic E-state index is 12.3. The lowest BCUT2D eigenvalue weighted by Crippen LogP contribution is -2.07. The van der Waals surface area contributed by atoms with Gasteiger partial charge in [-0.15, -0.1) is 0 Å². The van der Waals surface area contributed by atoms with Crippen molar-refractivity contribution in [3.05, 3.63) is 98.1 Å². The van der Waals surface area contributed by atoms with Gasteiger partial charge < -0.3 is 14.2 Å². The number of methoxy groups -OCH3 is 1. The summed E-state index contributed by atoms with van der Waals surface area (Å²) in [5.74, 6) is 0.709. The minimum Gasteiger partial charge on any atom is -0.496 e. The van der Waals surface area contributed by atoms with Crippen molar-refractivity contribution in [2.45, 2.75) is 6.61 Å². The maximum Gasteiger partial charge on any atom is 0.363 e. The molecule has 3 aromatic carbocycles. The summed E-state index contributed by atoms with van der Waals surface area (Å²) in [5.41, 5.74) is 2.13. The normalized spacial score (nSPS) is 14.3. The minimum atomic E-state index is -0.560. The van der Waals surface area contributed by atoms with Crippen LogP contribution < -0.4 is 9.47 Å². The number of hydrogen-bond donors (Lipinski definition) is 0. The van der Waals surface area contributed by atoms with Crippen molar-refractivity contribution < 1.29 is 19.0 Å². The zero-order chi connectivity index (χ0) is 22.7. The average Bonchev–Trinajstić information content (AvgIpc) is 3.14. The zero-order valence-corrected chi connectivity index (χ0v) is 19.0. The van der Waals surface area contributed by atoms with Gasteiger partial charge in [-0.3, -0.25) is 0 Å². The van der Waals surface area contributed by atoms with Crippen LogP contribution in [0.1, 0.15) is 16.7 Å². The molecule has 0 saturated carbocycles. The molecule has 3 aromatic rings. The summed E-state index contributed by atoms with van der Waals surface area (Å²) in [6.45, 7) is 0.236. The maximum absolute atomic E-state index is 12.3. The molecule has 8 heteroatoms. The number of hydrogen-bond acceptors (Lipinski definition) is 5. The number of carbonyl (C=O) groups excluding carboxylic acids is 1. The van der Waals surface area contributed by atoms with Crippen LogP contribution in [0.3, 0.4) is 0 Å². The topological polar surface area (TPSA) is 57.1 Å². The lowest BCUT2D eigenvalue weighted by Gasteiger charge is -2.09. The summed E-state index contributed by atoms with van der Waals surface area (Å²) >= 11 is 18.4. The fourth-order valence-electron chi connectivity index (χ4n) is 3.02. The van der Waals surface area contributed by atoms with E-state index >= 15 is 0 Å². The number of carbonyl (C=O) groups is 1. The van der Waals surface area contributed by atoms with Crippen LogP contribution in [0, 0.1) is 0 Å². The van der Waals surface area contributed by atoms with Crippen molar-refractivity contribution >= 4 is 52.7 Å². The fraction of sp³-hybridized carbons (Fsp3) is 0.0833. The quantitative estimate of drug-likeness (QED) is 0.290. The molecule has 0 spiro atoms. The first kappa shape index (κ1) is 22.2. The summed E-state index contributed by atoms with van der Waals surface area (Å²) in [7, 11) is 1.52. The molecule has 1 heterocycles. The molecule has 0 fully saturated rings.